The molecule has 0 aliphatic rings. The van der Waals surface area contributed by atoms with Crippen LogP contribution >= 0.6 is 11.5 Å². The summed E-state index contributed by atoms with van der Waals surface area (Å²) in [6.45, 7) is 1.85. The molecule has 1 atom stereocenters. The number of nitrogens with two attached hydrogens (primary N) is 1. The topological polar surface area (TPSA) is 51.8 Å². The highest BCUT2D eigenvalue weighted by atomic mass is 32.1. The second-order valence-electron chi connectivity index (χ2n) is 3.26. The first kappa shape index (κ1) is 10.2. The molecule has 1 heterocycles. The van der Waals surface area contributed by atoms with Gasteiger partial charge in [-0.2, -0.15) is 0 Å². The highest BCUT2D eigenvalue weighted by Crippen LogP contribution is 2.24. The number of halogens is 1. The summed E-state index contributed by atoms with van der Waals surface area (Å²) in [6.07, 6.45) is 0. The summed E-state index contributed by atoms with van der Waals surface area (Å²) < 4.78 is 16.8. The molecule has 3 nitrogen and oxygen atoms in total. The summed E-state index contributed by atoms with van der Waals surface area (Å²) >= 11 is 1.25. The normalized spacial score (nSPS) is 12.7. The summed E-state index contributed by atoms with van der Waals surface area (Å²) in [4.78, 5) is 0.876. The Balaban J connectivity index is 2.36. The Morgan fingerprint density at radius 3 is 2.87 bits per heavy atom. The van der Waals surface area contributed by atoms with Gasteiger partial charge < -0.3 is 5.73 Å². The Kier molecular flexibility index (Phi) is 2.75. The van der Waals surface area contributed by atoms with Crippen LogP contribution in [0.1, 0.15) is 22.2 Å². The summed E-state index contributed by atoms with van der Waals surface area (Å²) in [5.74, 6) is -0.280. The lowest BCUT2D eigenvalue weighted by molar-refractivity contribution is 0.623. The first-order valence-electron chi connectivity index (χ1n) is 4.48. The molecule has 1 aromatic carbocycles. The Morgan fingerprint density at radius 2 is 2.27 bits per heavy atom. The predicted molar refractivity (Wildman–Crippen MR) is 57.1 cm³/mol. The molecule has 0 amide bonds. The molecular weight excluding hydrogens is 213 g/mol. The first-order chi connectivity index (χ1) is 7.18. The summed E-state index contributed by atoms with van der Waals surface area (Å²) in [5, 5.41) is 3.88. The molecule has 5 heteroatoms. The lowest BCUT2D eigenvalue weighted by Crippen LogP contribution is -2.11. The average molecular weight is 223 g/mol. The van der Waals surface area contributed by atoms with E-state index >= 15 is 0 Å². The lowest BCUT2D eigenvalue weighted by Gasteiger charge is -2.09. The fourth-order valence-corrected chi connectivity index (χ4v) is 2.05. The number of hydrogen-bond donors (Lipinski definition) is 1. The number of aromatic nitrogens is 2. The van der Waals surface area contributed by atoms with E-state index in [2.05, 4.69) is 9.59 Å². The zero-order chi connectivity index (χ0) is 10.8. The minimum atomic E-state index is -0.347. The molecule has 0 bridgehead atoms. The maximum Gasteiger partial charge on any atom is 0.123 e. The van der Waals surface area contributed by atoms with Crippen LogP contribution in [0, 0.1) is 12.7 Å². The summed E-state index contributed by atoms with van der Waals surface area (Å²) in [5.41, 5.74) is 7.54. The maximum absolute atomic E-state index is 13.0. The fraction of sp³-hybridized carbons (Fsp3) is 0.200. The van der Waals surface area contributed by atoms with Gasteiger partial charge in [0.05, 0.1) is 16.6 Å². The minimum Gasteiger partial charge on any atom is -0.319 e. The van der Waals surface area contributed by atoms with E-state index < -0.39 is 0 Å². The Labute approximate surface area is 90.9 Å². The molecule has 2 aromatic rings. The van der Waals surface area contributed by atoms with Crippen molar-refractivity contribution in [1.29, 1.82) is 0 Å². The van der Waals surface area contributed by atoms with Crippen molar-refractivity contribution in [2.24, 2.45) is 5.73 Å². The van der Waals surface area contributed by atoms with Gasteiger partial charge in [0.25, 0.3) is 0 Å². The number of rotatable bonds is 2. The van der Waals surface area contributed by atoms with E-state index in [1.807, 2.05) is 6.92 Å². The second-order valence-corrected chi connectivity index (χ2v) is 4.04. The molecule has 0 saturated carbocycles. The third-order valence-electron chi connectivity index (χ3n) is 2.18. The predicted octanol–water partition coefficient (Wildman–Crippen LogP) is 2.03. The van der Waals surface area contributed by atoms with Crippen LogP contribution in [-0.2, 0) is 0 Å². The van der Waals surface area contributed by atoms with Gasteiger partial charge in [-0.25, -0.2) is 4.39 Å². The van der Waals surface area contributed by atoms with Crippen molar-refractivity contribution in [2.75, 3.05) is 0 Å². The first-order valence-corrected chi connectivity index (χ1v) is 5.25. The number of aryl methyl sites for hydroxylation is 1. The number of nitrogens with zero attached hydrogens (tertiary/aromatic N) is 2. The largest absolute Gasteiger partial charge is 0.319 e. The SMILES string of the molecule is Cc1nnsc1C(N)c1cccc(F)c1. The average Bonchev–Trinajstić information content (AvgIpc) is 2.63. The molecule has 0 spiro atoms. The third-order valence-corrected chi connectivity index (χ3v) is 3.09. The zero-order valence-electron chi connectivity index (χ0n) is 8.14. The van der Waals surface area contributed by atoms with Crippen molar-refractivity contribution in [3.05, 3.63) is 46.2 Å². The van der Waals surface area contributed by atoms with Gasteiger partial charge in [-0.3, -0.25) is 0 Å². The van der Waals surface area contributed by atoms with Crippen LogP contribution in [0.2, 0.25) is 0 Å². The fourth-order valence-electron chi connectivity index (χ4n) is 1.37. The van der Waals surface area contributed by atoms with Gasteiger partial charge in [0.15, 0.2) is 0 Å². The van der Waals surface area contributed by atoms with Crippen molar-refractivity contribution >= 4 is 11.5 Å². The van der Waals surface area contributed by atoms with E-state index in [4.69, 9.17) is 5.73 Å². The van der Waals surface area contributed by atoms with E-state index in [0.717, 1.165) is 16.1 Å². The number of hydrogen-bond acceptors (Lipinski definition) is 4. The Hall–Kier alpha value is -1.33. The Morgan fingerprint density at radius 1 is 1.47 bits per heavy atom. The quantitative estimate of drug-likeness (QED) is 0.847. The summed E-state index contributed by atoms with van der Waals surface area (Å²) in [7, 11) is 0. The molecule has 1 aromatic heterocycles. The van der Waals surface area contributed by atoms with Gasteiger partial charge in [0.1, 0.15) is 5.82 Å². The molecular formula is C10H10FN3S. The van der Waals surface area contributed by atoms with Crippen molar-refractivity contribution in [3.63, 3.8) is 0 Å². The zero-order valence-corrected chi connectivity index (χ0v) is 8.96. The molecule has 0 radical (unpaired) electrons. The van der Waals surface area contributed by atoms with Gasteiger partial charge in [0, 0.05) is 0 Å². The molecule has 1 unspecified atom stereocenters. The van der Waals surface area contributed by atoms with Crippen LogP contribution in [0.3, 0.4) is 0 Å². The highest BCUT2D eigenvalue weighted by molar-refractivity contribution is 7.05. The monoisotopic (exact) mass is 223 g/mol. The molecule has 2 rings (SSSR count). The molecule has 15 heavy (non-hydrogen) atoms. The van der Waals surface area contributed by atoms with Crippen LogP contribution in [0.15, 0.2) is 24.3 Å². The third kappa shape index (κ3) is 2.03. The maximum atomic E-state index is 13.0. The minimum absolute atomic E-state index is 0.280. The van der Waals surface area contributed by atoms with Crippen molar-refractivity contribution in [1.82, 2.24) is 9.59 Å². The van der Waals surface area contributed by atoms with Gasteiger partial charge in [-0.05, 0) is 36.2 Å². The van der Waals surface area contributed by atoms with Gasteiger partial charge >= 0.3 is 0 Å². The second kappa shape index (κ2) is 4.04. The molecule has 0 saturated heterocycles. The van der Waals surface area contributed by atoms with Crippen LogP contribution in [-0.4, -0.2) is 9.59 Å². The molecule has 2 N–H and O–H groups in total. The van der Waals surface area contributed by atoms with Gasteiger partial charge in [-0.1, -0.05) is 16.6 Å². The van der Waals surface area contributed by atoms with E-state index in [0.29, 0.717) is 0 Å². The van der Waals surface area contributed by atoms with Crippen LogP contribution in [0.4, 0.5) is 4.39 Å². The Bertz CT molecular complexity index is 469. The van der Waals surface area contributed by atoms with E-state index in [9.17, 15) is 4.39 Å². The van der Waals surface area contributed by atoms with E-state index in [1.165, 1.54) is 23.7 Å². The lowest BCUT2D eigenvalue weighted by atomic mass is 10.1. The highest BCUT2D eigenvalue weighted by Gasteiger charge is 2.15. The van der Waals surface area contributed by atoms with Crippen molar-refractivity contribution < 1.29 is 4.39 Å². The molecule has 0 aliphatic heterocycles. The van der Waals surface area contributed by atoms with Crippen molar-refractivity contribution in [2.45, 2.75) is 13.0 Å². The number of benzene rings is 1. The standard InChI is InChI=1S/C10H10FN3S/c1-6-10(15-14-13-6)9(12)7-3-2-4-8(11)5-7/h2-5,9H,12H2,1H3. The van der Waals surface area contributed by atoms with Crippen LogP contribution < -0.4 is 5.73 Å². The smallest absolute Gasteiger partial charge is 0.123 e. The van der Waals surface area contributed by atoms with Gasteiger partial charge in [-0.15, -0.1) is 5.10 Å². The summed E-state index contributed by atoms with van der Waals surface area (Å²) in [6, 6.07) is 5.93. The molecule has 0 aliphatic carbocycles. The van der Waals surface area contributed by atoms with Crippen LogP contribution in [0.25, 0.3) is 0 Å². The van der Waals surface area contributed by atoms with E-state index in [-0.39, 0.29) is 11.9 Å². The van der Waals surface area contributed by atoms with E-state index in [1.54, 1.807) is 12.1 Å². The van der Waals surface area contributed by atoms with Crippen molar-refractivity contribution in [3.8, 4) is 0 Å². The van der Waals surface area contributed by atoms with Crippen LogP contribution in [0.5, 0.6) is 0 Å². The molecule has 78 valence electrons. The molecule has 0 fully saturated rings. The van der Waals surface area contributed by atoms with Gasteiger partial charge in [0.2, 0.25) is 0 Å².